The molecule has 0 saturated carbocycles. The van der Waals surface area contributed by atoms with Crippen LogP contribution in [0.1, 0.15) is 71.5 Å². The third-order valence-corrected chi connectivity index (χ3v) is 12.4. The van der Waals surface area contributed by atoms with Crippen LogP contribution in [0.4, 0.5) is 22.7 Å². The van der Waals surface area contributed by atoms with Crippen LogP contribution in [0.3, 0.4) is 0 Å². The van der Waals surface area contributed by atoms with Crippen molar-refractivity contribution in [3.63, 3.8) is 0 Å². The van der Waals surface area contributed by atoms with E-state index < -0.39 is 0 Å². The summed E-state index contributed by atoms with van der Waals surface area (Å²) in [5, 5.41) is 3.74. The molecule has 3 N–H and O–H groups in total. The first kappa shape index (κ1) is 34.4. The van der Waals surface area contributed by atoms with Crippen LogP contribution in [0.5, 0.6) is 0 Å². The monoisotopic (exact) mass is 728 g/mol. The fourth-order valence-corrected chi connectivity index (χ4v) is 9.77. The van der Waals surface area contributed by atoms with Gasteiger partial charge in [-0.1, -0.05) is 146 Å². The van der Waals surface area contributed by atoms with Crippen molar-refractivity contribution in [3.8, 4) is 11.1 Å². The Kier molecular flexibility index (Phi) is 9.13. The zero-order valence-corrected chi connectivity index (χ0v) is 31.7. The maximum absolute atomic E-state index is 6.90. The lowest BCUT2D eigenvalue weighted by Gasteiger charge is -2.34. The molecule has 6 aromatic rings. The van der Waals surface area contributed by atoms with Crippen LogP contribution in [0.15, 0.2) is 182 Å². The molecule has 0 fully saturated rings. The minimum absolute atomic E-state index is 0.304. The Morgan fingerprint density at radius 3 is 2.12 bits per heavy atom. The number of nitrogens with two attached hydrogens (primary N) is 1. The van der Waals surface area contributed by atoms with Crippen molar-refractivity contribution in [1.82, 2.24) is 5.32 Å². The molecule has 4 nitrogen and oxygen atoms in total. The first-order valence-electron chi connectivity index (χ1n) is 20.4. The summed E-state index contributed by atoms with van der Waals surface area (Å²) in [5.41, 5.74) is 21.8. The van der Waals surface area contributed by atoms with Crippen LogP contribution in [-0.2, 0) is 6.42 Å². The fraction of sp³-hybridized carbons (Fsp3) is 0.192. The highest BCUT2D eigenvalue weighted by atomic mass is 15.2. The standard InChI is InChI=1S/C52H48N4/c53-52(38-18-5-2-6-19-38)54-47(40-21-15-20-39(34-40)37-16-3-1-4-17-37)31-30-36-32-41(55-48-26-11-7-22-43(48)44-23-8-12-27-49(44)55)35-42(33-36)56-50-28-13-9-24-45(50)46-25-10-14-29-51(46)56/h1-9,11,13-24,26,28-29,31-35,44,46,49,51-52,54H,10,12,25,27,30,53H2/b47-31-. The molecule has 4 heteroatoms. The number of hydrogen-bond donors (Lipinski definition) is 2. The summed E-state index contributed by atoms with van der Waals surface area (Å²) >= 11 is 0. The molecule has 5 atom stereocenters. The number of para-hydroxylation sites is 2. The molecular formula is C52H48N4. The Hall–Kier alpha value is -6.10. The molecule has 2 aliphatic heterocycles. The molecule has 4 aliphatic rings. The number of benzene rings is 6. The lowest BCUT2D eigenvalue weighted by atomic mass is 9.86. The van der Waals surface area contributed by atoms with Crippen LogP contribution in [0, 0.1) is 0 Å². The Morgan fingerprint density at radius 1 is 0.643 bits per heavy atom. The first-order chi connectivity index (χ1) is 27.7. The van der Waals surface area contributed by atoms with Crippen LogP contribution < -0.4 is 20.9 Å². The minimum atomic E-state index is -0.363. The van der Waals surface area contributed by atoms with E-state index >= 15 is 0 Å². The first-order valence-corrected chi connectivity index (χ1v) is 20.4. The molecule has 0 bridgehead atoms. The van der Waals surface area contributed by atoms with Gasteiger partial charge in [0.1, 0.15) is 6.17 Å². The van der Waals surface area contributed by atoms with E-state index in [0.717, 1.165) is 42.5 Å². The summed E-state index contributed by atoms with van der Waals surface area (Å²) in [7, 11) is 0. The topological polar surface area (TPSA) is 44.5 Å². The van der Waals surface area contributed by atoms with Crippen molar-refractivity contribution >= 4 is 28.4 Å². The highest BCUT2D eigenvalue weighted by molar-refractivity contribution is 5.81. The van der Waals surface area contributed by atoms with Crippen LogP contribution in [0.25, 0.3) is 16.8 Å². The number of hydrogen-bond acceptors (Lipinski definition) is 4. The van der Waals surface area contributed by atoms with Gasteiger partial charge in [-0.3, -0.25) is 0 Å². The molecule has 0 aromatic heterocycles. The summed E-state index contributed by atoms with van der Waals surface area (Å²) < 4.78 is 0. The van der Waals surface area contributed by atoms with Crippen molar-refractivity contribution in [1.29, 1.82) is 0 Å². The summed E-state index contributed by atoms with van der Waals surface area (Å²) in [5.74, 6) is 0.896. The Labute approximate surface area is 331 Å². The molecule has 5 unspecified atom stereocenters. The zero-order chi connectivity index (χ0) is 37.4. The Balaban J connectivity index is 1.10. The van der Waals surface area contributed by atoms with Gasteiger partial charge in [-0.2, -0.15) is 0 Å². The maximum Gasteiger partial charge on any atom is 0.101 e. The second-order valence-electron chi connectivity index (χ2n) is 15.7. The lowest BCUT2D eigenvalue weighted by molar-refractivity contribution is 0.564. The second kappa shape index (κ2) is 14.9. The van der Waals surface area contributed by atoms with Gasteiger partial charge >= 0.3 is 0 Å². The Morgan fingerprint density at radius 2 is 1.30 bits per heavy atom. The molecule has 276 valence electrons. The fourth-order valence-electron chi connectivity index (χ4n) is 9.77. The third kappa shape index (κ3) is 6.34. The van der Waals surface area contributed by atoms with Gasteiger partial charge in [0.25, 0.3) is 0 Å². The average Bonchev–Trinajstić information content (AvgIpc) is 3.79. The van der Waals surface area contributed by atoms with Gasteiger partial charge < -0.3 is 20.9 Å². The van der Waals surface area contributed by atoms with Gasteiger partial charge in [0, 0.05) is 46.3 Å². The maximum atomic E-state index is 6.90. The number of fused-ring (bicyclic) bond motifs is 6. The van der Waals surface area contributed by atoms with Crippen molar-refractivity contribution in [3.05, 3.63) is 210 Å². The van der Waals surface area contributed by atoms with Crippen LogP contribution in [-0.4, -0.2) is 12.1 Å². The number of allylic oxidation sites excluding steroid dienone is 3. The predicted octanol–water partition coefficient (Wildman–Crippen LogP) is 12.1. The minimum Gasteiger partial charge on any atom is -0.366 e. The number of anilines is 4. The van der Waals surface area contributed by atoms with E-state index in [1.165, 1.54) is 57.0 Å². The smallest absolute Gasteiger partial charge is 0.101 e. The summed E-state index contributed by atoms with van der Waals surface area (Å²) in [4.78, 5) is 5.28. The number of nitrogens with zero attached hydrogens (tertiary/aromatic N) is 2. The van der Waals surface area contributed by atoms with Gasteiger partial charge in [-0.15, -0.1) is 0 Å². The van der Waals surface area contributed by atoms with Crippen molar-refractivity contribution in [2.75, 3.05) is 9.80 Å². The normalized spacial score (nSPS) is 21.3. The highest BCUT2D eigenvalue weighted by Crippen LogP contribution is 2.52. The molecule has 2 aliphatic carbocycles. The molecule has 2 heterocycles. The van der Waals surface area contributed by atoms with Gasteiger partial charge in [-0.25, -0.2) is 0 Å². The molecule has 10 rings (SSSR count). The van der Waals surface area contributed by atoms with Crippen molar-refractivity contribution < 1.29 is 0 Å². The van der Waals surface area contributed by atoms with E-state index in [1.54, 1.807) is 0 Å². The molecule has 56 heavy (non-hydrogen) atoms. The summed E-state index contributed by atoms with van der Waals surface area (Å²) in [6.07, 6.45) is 17.0. The largest absolute Gasteiger partial charge is 0.366 e. The zero-order valence-electron chi connectivity index (χ0n) is 31.7. The van der Waals surface area contributed by atoms with Gasteiger partial charge in [0.15, 0.2) is 0 Å². The van der Waals surface area contributed by atoms with Gasteiger partial charge in [0.05, 0.1) is 6.04 Å². The highest BCUT2D eigenvalue weighted by Gasteiger charge is 2.41. The van der Waals surface area contributed by atoms with Gasteiger partial charge in [-0.05, 0) is 107 Å². The summed E-state index contributed by atoms with van der Waals surface area (Å²) in [6.45, 7) is 0. The number of rotatable bonds is 9. The summed E-state index contributed by atoms with van der Waals surface area (Å²) in [6, 6.07) is 56.0. The van der Waals surface area contributed by atoms with E-state index in [4.69, 9.17) is 5.73 Å². The Bertz CT molecular complexity index is 2450. The molecule has 6 aromatic carbocycles. The SMILES string of the molecule is NC(N/C(=C\Cc1cc(N2c3ccccc3C3CCC=CC32)cc(N2c3ccccc3C3C=CCCC32)c1)c1cccc(-c2ccccc2)c1)c1ccccc1. The average molecular weight is 729 g/mol. The third-order valence-electron chi connectivity index (χ3n) is 12.4. The van der Waals surface area contributed by atoms with Crippen LogP contribution >= 0.6 is 0 Å². The van der Waals surface area contributed by atoms with E-state index in [0.29, 0.717) is 23.9 Å². The molecule has 0 amide bonds. The molecule has 0 spiro atoms. The van der Waals surface area contributed by atoms with Crippen molar-refractivity contribution in [2.24, 2.45) is 5.73 Å². The van der Waals surface area contributed by atoms with E-state index in [-0.39, 0.29) is 6.17 Å². The molecule has 0 saturated heterocycles. The number of nitrogens with one attached hydrogen (secondary N) is 1. The molecular weight excluding hydrogens is 681 g/mol. The lowest BCUT2D eigenvalue weighted by Crippen LogP contribution is -2.32. The van der Waals surface area contributed by atoms with Crippen molar-refractivity contribution in [2.45, 2.75) is 62.2 Å². The predicted molar refractivity (Wildman–Crippen MR) is 233 cm³/mol. The quantitative estimate of drug-likeness (QED) is 0.115. The molecule has 0 radical (unpaired) electrons. The van der Waals surface area contributed by atoms with Gasteiger partial charge in [0.2, 0.25) is 0 Å². The van der Waals surface area contributed by atoms with E-state index in [9.17, 15) is 0 Å². The van der Waals surface area contributed by atoms with E-state index in [1.807, 2.05) is 6.07 Å². The second-order valence-corrected chi connectivity index (χ2v) is 15.7. The van der Waals surface area contributed by atoms with E-state index in [2.05, 4.69) is 191 Å². The van der Waals surface area contributed by atoms with Crippen LogP contribution in [0.2, 0.25) is 0 Å².